The topological polar surface area (TPSA) is 59.5 Å². The van der Waals surface area contributed by atoms with Crippen LogP contribution in [0.3, 0.4) is 0 Å². The average Bonchev–Trinajstić information content (AvgIpc) is 2.36. The van der Waals surface area contributed by atoms with E-state index in [9.17, 15) is 14.0 Å². The summed E-state index contributed by atoms with van der Waals surface area (Å²) in [5, 5.41) is 0. The van der Waals surface area contributed by atoms with E-state index in [1.54, 1.807) is 6.92 Å². The number of rotatable bonds is 4. The molecule has 1 aromatic heterocycles. The van der Waals surface area contributed by atoms with E-state index in [1.165, 1.54) is 25.3 Å². The lowest BCUT2D eigenvalue weighted by Gasteiger charge is -2.20. The Hall–Kier alpha value is -1.98. The summed E-state index contributed by atoms with van der Waals surface area (Å²) in [6, 6.07) is 1.11. The van der Waals surface area contributed by atoms with Gasteiger partial charge in [0.2, 0.25) is 0 Å². The van der Waals surface area contributed by atoms with E-state index in [0.717, 1.165) is 12.3 Å². The fraction of sp³-hybridized carbons (Fsp3) is 0.417. The fourth-order valence-corrected chi connectivity index (χ4v) is 1.52. The molecule has 6 heteroatoms. The lowest BCUT2D eigenvalue weighted by Crippen LogP contribution is -2.34. The first kappa shape index (κ1) is 14.1. The van der Waals surface area contributed by atoms with Gasteiger partial charge in [-0.15, -0.1) is 0 Å². The number of esters is 1. The molecule has 5 nitrogen and oxygen atoms in total. The van der Waals surface area contributed by atoms with E-state index < -0.39 is 23.6 Å². The number of aromatic nitrogens is 1. The summed E-state index contributed by atoms with van der Waals surface area (Å²) < 4.78 is 17.5. The van der Waals surface area contributed by atoms with Crippen LogP contribution >= 0.6 is 0 Å². The second-order valence-electron chi connectivity index (χ2n) is 4.00. The quantitative estimate of drug-likeness (QED) is 0.755. The SMILES string of the molecule is COC(=O)C(C)CN(C)C(=O)c1cncc(F)c1. The Bertz CT molecular complexity index is 451. The largest absolute Gasteiger partial charge is 0.469 e. The van der Waals surface area contributed by atoms with Crippen LogP contribution in [0.2, 0.25) is 0 Å². The second kappa shape index (κ2) is 6.09. The highest BCUT2D eigenvalue weighted by Gasteiger charge is 2.20. The lowest BCUT2D eigenvalue weighted by atomic mass is 10.1. The normalized spacial score (nSPS) is 11.8. The molecule has 0 N–H and O–H groups in total. The van der Waals surface area contributed by atoms with Crippen LogP contribution < -0.4 is 0 Å². The van der Waals surface area contributed by atoms with Crippen LogP contribution in [0.25, 0.3) is 0 Å². The highest BCUT2D eigenvalue weighted by molar-refractivity contribution is 5.94. The number of ether oxygens (including phenoxy) is 1. The molecule has 0 aliphatic carbocycles. The Morgan fingerprint density at radius 1 is 1.50 bits per heavy atom. The number of hydrogen-bond acceptors (Lipinski definition) is 4. The van der Waals surface area contributed by atoms with Gasteiger partial charge in [-0.1, -0.05) is 6.92 Å². The molecule has 1 amide bonds. The summed E-state index contributed by atoms with van der Waals surface area (Å²) in [4.78, 5) is 28.1. The van der Waals surface area contributed by atoms with Gasteiger partial charge in [-0.3, -0.25) is 14.6 Å². The van der Waals surface area contributed by atoms with Gasteiger partial charge in [-0.05, 0) is 6.07 Å². The van der Waals surface area contributed by atoms with Crippen LogP contribution in [0.5, 0.6) is 0 Å². The number of methoxy groups -OCH3 is 1. The molecule has 0 saturated carbocycles. The number of halogens is 1. The second-order valence-corrected chi connectivity index (χ2v) is 4.00. The zero-order valence-electron chi connectivity index (χ0n) is 10.5. The molecule has 0 saturated heterocycles. The van der Waals surface area contributed by atoms with Gasteiger partial charge in [0.1, 0.15) is 5.82 Å². The van der Waals surface area contributed by atoms with Crippen molar-refractivity contribution in [3.63, 3.8) is 0 Å². The molecule has 1 aromatic rings. The van der Waals surface area contributed by atoms with Crippen LogP contribution in [0, 0.1) is 11.7 Å². The van der Waals surface area contributed by atoms with Crippen molar-refractivity contribution in [2.45, 2.75) is 6.92 Å². The third-order valence-corrected chi connectivity index (χ3v) is 2.45. The smallest absolute Gasteiger partial charge is 0.310 e. The molecule has 0 bridgehead atoms. The van der Waals surface area contributed by atoms with Crippen LogP contribution in [0.1, 0.15) is 17.3 Å². The maximum absolute atomic E-state index is 12.9. The number of amides is 1. The summed E-state index contributed by atoms with van der Waals surface area (Å²) in [5.41, 5.74) is 0.148. The van der Waals surface area contributed by atoms with E-state index in [1.807, 2.05) is 0 Å². The van der Waals surface area contributed by atoms with Crippen molar-refractivity contribution in [1.82, 2.24) is 9.88 Å². The van der Waals surface area contributed by atoms with Crippen molar-refractivity contribution in [3.05, 3.63) is 29.8 Å². The first-order chi connectivity index (χ1) is 8.45. The van der Waals surface area contributed by atoms with Gasteiger partial charge in [-0.25, -0.2) is 4.39 Å². The molecule has 1 heterocycles. The molecule has 0 aromatic carbocycles. The molecule has 1 unspecified atom stereocenters. The zero-order valence-corrected chi connectivity index (χ0v) is 10.5. The van der Waals surface area contributed by atoms with Crippen molar-refractivity contribution in [2.24, 2.45) is 5.92 Å². The van der Waals surface area contributed by atoms with Crippen molar-refractivity contribution in [2.75, 3.05) is 20.7 Å². The molecule has 0 aliphatic rings. The maximum atomic E-state index is 12.9. The number of nitrogens with zero attached hydrogens (tertiary/aromatic N) is 2. The first-order valence-electron chi connectivity index (χ1n) is 5.39. The molecular formula is C12H15FN2O3. The minimum Gasteiger partial charge on any atom is -0.469 e. The van der Waals surface area contributed by atoms with Gasteiger partial charge >= 0.3 is 5.97 Å². The molecule has 1 atom stereocenters. The van der Waals surface area contributed by atoms with Crippen LogP contribution in [-0.2, 0) is 9.53 Å². The van der Waals surface area contributed by atoms with Crippen LogP contribution in [-0.4, -0.2) is 42.5 Å². The molecule has 0 radical (unpaired) electrons. The molecule has 98 valence electrons. The first-order valence-corrected chi connectivity index (χ1v) is 5.39. The molecule has 1 rings (SSSR count). The maximum Gasteiger partial charge on any atom is 0.310 e. The van der Waals surface area contributed by atoms with Crippen molar-refractivity contribution >= 4 is 11.9 Å². The molecule has 0 fully saturated rings. The third-order valence-electron chi connectivity index (χ3n) is 2.45. The van der Waals surface area contributed by atoms with Crippen LogP contribution in [0.4, 0.5) is 4.39 Å². The molecular weight excluding hydrogens is 239 g/mol. The standard InChI is InChI=1S/C12H15FN2O3/c1-8(12(17)18-3)7-15(2)11(16)9-4-10(13)6-14-5-9/h4-6,8H,7H2,1-3H3. The Morgan fingerprint density at radius 2 is 2.17 bits per heavy atom. The van der Waals surface area contributed by atoms with Crippen molar-refractivity contribution in [3.8, 4) is 0 Å². The summed E-state index contributed by atoms with van der Waals surface area (Å²) in [5.74, 6) is -1.80. The Morgan fingerprint density at radius 3 is 2.72 bits per heavy atom. The number of carbonyl (C=O) groups is 2. The highest BCUT2D eigenvalue weighted by Crippen LogP contribution is 2.07. The minimum atomic E-state index is -0.574. The predicted molar refractivity (Wildman–Crippen MR) is 62.3 cm³/mol. The summed E-state index contributed by atoms with van der Waals surface area (Å²) in [6.07, 6.45) is 2.30. The van der Waals surface area contributed by atoms with Gasteiger partial charge < -0.3 is 9.64 Å². The third kappa shape index (κ3) is 3.51. The Balaban J connectivity index is 2.70. The Labute approximate surface area is 105 Å². The monoisotopic (exact) mass is 254 g/mol. The van der Waals surface area contributed by atoms with Gasteiger partial charge in [0.25, 0.3) is 5.91 Å². The van der Waals surface area contributed by atoms with E-state index in [2.05, 4.69) is 9.72 Å². The predicted octanol–water partition coefficient (Wildman–Crippen LogP) is 1.10. The van der Waals surface area contributed by atoms with Gasteiger partial charge in [0.05, 0.1) is 24.8 Å². The van der Waals surface area contributed by atoms with E-state index in [-0.39, 0.29) is 12.1 Å². The van der Waals surface area contributed by atoms with E-state index in [4.69, 9.17) is 0 Å². The highest BCUT2D eigenvalue weighted by atomic mass is 19.1. The molecule has 0 aliphatic heterocycles. The van der Waals surface area contributed by atoms with Gasteiger partial charge in [0, 0.05) is 19.8 Å². The number of hydrogen-bond donors (Lipinski definition) is 0. The average molecular weight is 254 g/mol. The molecule has 0 spiro atoms. The fourth-order valence-electron chi connectivity index (χ4n) is 1.52. The van der Waals surface area contributed by atoms with E-state index in [0.29, 0.717) is 0 Å². The summed E-state index contributed by atoms with van der Waals surface area (Å²) in [7, 11) is 2.82. The lowest BCUT2D eigenvalue weighted by molar-refractivity contribution is -0.145. The Kier molecular flexibility index (Phi) is 4.76. The number of carbonyl (C=O) groups excluding carboxylic acids is 2. The van der Waals surface area contributed by atoms with Crippen molar-refractivity contribution < 1.29 is 18.7 Å². The van der Waals surface area contributed by atoms with Crippen LogP contribution in [0.15, 0.2) is 18.5 Å². The zero-order chi connectivity index (χ0) is 13.7. The van der Waals surface area contributed by atoms with Gasteiger partial charge in [0.15, 0.2) is 0 Å². The summed E-state index contributed by atoms with van der Waals surface area (Å²) >= 11 is 0. The summed E-state index contributed by atoms with van der Waals surface area (Å²) in [6.45, 7) is 1.85. The van der Waals surface area contributed by atoms with Gasteiger partial charge in [-0.2, -0.15) is 0 Å². The number of pyridine rings is 1. The van der Waals surface area contributed by atoms with E-state index >= 15 is 0 Å². The minimum absolute atomic E-state index is 0.148. The molecule has 18 heavy (non-hydrogen) atoms. The van der Waals surface area contributed by atoms with Crippen molar-refractivity contribution in [1.29, 1.82) is 0 Å².